The molecular formula is C53H66N3O25S5+. The molecule has 28 nitrogen and oxygen atoms in total. The molecule has 2 amide bonds. The number of rotatable bonds is 32. The summed E-state index contributed by atoms with van der Waals surface area (Å²) in [5.74, 6) is -2.65. The molecule has 3 aliphatic heterocycles. The van der Waals surface area contributed by atoms with Gasteiger partial charge in [-0.25, -0.2) is 4.79 Å². The monoisotopic (exact) mass is 1300 g/mol. The highest BCUT2D eigenvalue weighted by molar-refractivity contribution is 7.87. The SMILES string of the molecule is COCCN1C(=CC=CC2=[N+](CCOCCOCCOCCOCCOCCC(=O)ON3C(=O)CCC3=O)c3ccc4c(S(=O)(=O)O)cc(S(=O)(=O)O)cc4c3C2(C)C)C(C)(CCCS(=O)(=O)O)c2c1ccc1c(S(=O)(=O)O)cc(S(=O)(=O)O)cc21. The molecule has 3 heterocycles. The molecule has 1 atom stereocenters. The van der Waals surface area contributed by atoms with Gasteiger partial charge in [-0.15, -0.1) is 5.06 Å². The molecule has 4 aromatic carbocycles. The zero-order chi connectivity index (χ0) is 63.2. The van der Waals surface area contributed by atoms with Crippen LogP contribution in [0.25, 0.3) is 21.5 Å². The first-order chi connectivity index (χ1) is 40.2. The van der Waals surface area contributed by atoms with Crippen molar-refractivity contribution in [3.63, 3.8) is 0 Å². The fourth-order valence-corrected chi connectivity index (χ4v) is 13.9. The maximum Gasteiger partial charge on any atom is 0.335 e. The molecule has 5 N–H and O–H groups in total. The van der Waals surface area contributed by atoms with Crippen molar-refractivity contribution in [1.29, 1.82) is 0 Å². The molecule has 0 spiro atoms. The van der Waals surface area contributed by atoms with Crippen molar-refractivity contribution in [3.05, 3.63) is 83.6 Å². The number of hydrogen-bond acceptors (Lipinski definition) is 21. The average molecular weight is 1310 g/mol. The van der Waals surface area contributed by atoms with Crippen LogP contribution in [0.3, 0.4) is 0 Å². The largest absolute Gasteiger partial charge is 0.383 e. The standard InChI is InChI=1S/C53H65N3O25S5/c1-52(2)45(7-5-8-46-53(3,16-6-30-82(60,61)62)51-40-32-36(84(66,67)68)34-44(86(72,73)74)38(40)10-12-42(51)55(46)17-20-75-4)54(41-11-9-37-39(50(41)52)31-35(83(63,64)65)33-43(37)85(69,70)71)18-21-77-23-25-79-27-29-80-28-26-78-24-22-76-19-15-49(59)81-56-47(57)13-14-48(56)58/h5,7-12,31-34H,6,13-30H2,1-4H3,(H4-,60,61,62,63,64,65,66,67,68,69,70,71,72,73,74)/p+1. The first kappa shape index (κ1) is 67.8. The Labute approximate surface area is 496 Å². The maximum absolute atomic E-state index is 12.8. The Bertz CT molecular complexity index is 3960. The van der Waals surface area contributed by atoms with Crippen LogP contribution in [0, 0.1) is 0 Å². The van der Waals surface area contributed by atoms with Crippen LogP contribution in [0.2, 0.25) is 0 Å². The Morgan fingerprint density at radius 3 is 1.59 bits per heavy atom. The lowest BCUT2D eigenvalue weighted by atomic mass is 9.75. The van der Waals surface area contributed by atoms with Gasteiger partial charge in [0.15, 0.2) is 12.3 Å². The summed E-state index contributed by atoms with van der Waals surface area (Å²) in [6.07, 6.45) is 4.54. The van der Waals surface area contributed by atoms with Crippen LogP contribution in [-0.4, -0.2) is 197 Å². The molecule has 0 saturated carbocycles. The van der Waals surface area contributed by atoms with Gasteiger partial charge in [-0.3, -0.25) is 32.4 Å². The summed E-state index contributed by atoms with van der Waals surface area (Å²) < 4.78 is 212. The zero-order valence-corrected chi connectivity index (χ0v) is 51.2. The molecule has 1 unspecified atom stereocenters. The van der Waals surface area contributed by atoms with Gasteiger partial charge in [0.2, 0.25) is 5.69 Å². The van der Waals surface area contributed by atoms with E-state index in [0.29, 0.717) is 45.5 Å². The van der Waals surface area contributed by atoms with Crippen LogP contribution in [0.15, 0.2) is 92.0 Å². The highest BCUT2D eigenvalue weighted by atomic mass is 32.2. The van der Waals surface area contributed by atoms with E-state index in [9.17, 15) is 79.2 Å². The number of carbonyl (C=O) groups is 3. The molecule has 0 bridgehead atoms. The highest BCUT2D eigenvalue weighted by Gasteiger charge is 2.48. The van der Waals surface area contributed by atoms with Gasteiger partial charge < -0.3 is 38.2 Å². The number of anilines is 1. The summed E-state index contributed by atoms with van der Waals surface area (Å²) in [5.41, 5.74) is -0.122. The fourth-order valence-electron chi connectivity index (χ4n) is 10.7. The van der Waals surface area contributed by atoms with Crippen molar-refractivity contribution in [2.45, 2.75) is 83.3 Å². The summed E-state index contributed by atoms with van der Waals surface area (Å²) in [5, 5.41) is 0.269. The minimum absolute atomic E-state index is 0.00975. The molecule has 1 fully saturated rings. The number of nitrogens with zero attached hydrogens (tertiary/aromatic N) is 3. The Hall–Kier alpha value is -5.73. The van der Waals surface area contributed by atoms with Crippen LogP contribution in [0.1, 0.15) is 64.0 Å². The van der Waals surface area contributed by atoms with Gasteiger partial charge in [-0.1, -0.05) is 12.1 Å². The number of benzene rings is 4. The summed E-state index contributed by atoms with van der Waals surface area (Å²) in [6, 6.07) is 9.21. The Morgan fingerprint density at radius 1 is 0.616 bits per heavy atom. The second-order valence-electron chi connectivity index (χ2n) is 20.6. The third kappa shape index (κ3) is 15.9. The average Bonchev–Trinajstić information content (AvgIpc) is 1.52. The topological polar surface area (TPSA) is 397 Å². The van der Waals surface area contributed by atoms with Gasteiger partial charge in [-0.05, 0) is 92.4 Å². The number of ether oxygens (including phenoxy) is 6. The third-order valence-corrected chi connectivity index (χ3v) is 18.8. The third-order valence-electron chi connectivity index (χ3n) is 14.5. The van der Waals surface area contributed by atoms with Gasteiger partial charge in [0.05, 0.1) is 93.4 Å². The summed E-state index contributed by atoms with van der Waals surface area (Å²) in [4.78, 5) is 38.3. The molecule has 1 saturated heterocycles. The van der Waals surface area contributed by atoms with Crippen LogP contribution in [-0.2, 0) is 109 Å². The Balaban J connectivity index is 1.12. The number of carbonyl (C=O) groups excluding carboxylic acids is 3. The number of hydroxylamine groups is 2. The molecule has 7 rings (SSSR count). The van der Waals surface area contributed by atoms with Crippen molar-refractivity contribution < 1.29 is 117 Å². The fraction of sp³-hybridized carbons (Fsp3) is 0.472. The lowest BCUT2D eigenvalue weighted by Crippen LogP contribution is -2.32. The predicted octanol–water partition coefficient (Wildman–Crippen LogP) is 3.97. The Morgan fingerprint density at radius 2 is 1.10 bits per heavy atom. The Kier molecular flexibility index (Phi) is 21.5. The van der Waals surface area contributed by atoms with Crippen molar-refractivity contribution >= 4 is 107 Å². The van der Waals surface area contributed by atoms with Crippen molar-refractivity contribution in [2.75, 3.05) is 104 Å². The first-order valence-electron chi connectivity index (χ1n) is 26.5. The molecule has 0 radical (unpaired) electrons. The van der Waals surface area contributed by atoms with E-state index in [1.807, 2.05) is 4.58 Å². The number of allylic oxidation sites excluding steroid dienone is 4. The van der Waals surface area contributed by atoms with Crippen molar-refractivity contribution in [2.24, 2.45) is 0 Å². The lowest BCUT2D eigenvalue weighted by molar-refractivity contribution is -0.442. The van der Waals surface area contributed by atoms with E-state index in [1.54, 1.807) is 50.0 Å². The lowest BCUT2D eigenvalue weighted by Gasteiger charge is -2.31. The van der Waals surface area contributed by atoms with Crippen molar-refractivity contribution in [3.8, 4) is 0 Å². The molecule has 3 aliphatic rings. The van der Waals surface area contributed by atoms with Gasteiger partial charge in [-0.2, -0.15) is 46.7 Å². The van der Waals surface area contributed by atoms with Crippen LogP contribution >= 0.6 is 0 Å². The summed E-state index contributed by atoms with van der Waals surface area (Å²) in [7, 11) is -23.5. The van der Waals surface area contributed by atoms with Gasteiger partial charge in [0, 0.05) is 71.8 Å². The zero-order valence-electron chi connectivity index (χ0n) is 47.1. The molecule has 0 aliphatic carbocycles. The van der Waals surface area contributed by atoms with Crippen LogP contribution < -0.4 is 4.90 Å². The van der Waals surface area contributed by atoms with Gasteiger partial charge in [0.25, 0.3) is 62.4 Å². The van der Waals surface area contributed by atoms with E-state index in [4.69, 9.17) is 33.3 Å². The number of hydrogen-bond donors (Lipinski definition) is 5. The maximum atomic E-state index is 12.8. The molecule has 472 valence electrons. The quantitative estimate of drug-likeness (QED) is 0.0200. The van der Waals surface area contributed by atoms with Crippen LogP contribution in [0.5, 0.6) is 0 Å². The van der Waals surface area contributed by atoms with E-state index < -0.39 is 105 Å². The normalized spacial score (nSPS) is 18.0. The minimum atomic E-state index is -5.15. The van der Waals surface area contributed by atoms with E-state index >= 15 is 0 Å². The van der Waals surface area contributed by atoms with Crippen molar-refractivity contribution in [1.82, 2.24) is 5.06 Å². The molecule has 33 heteroatoms. The summed E-state index contributed by atoms with van der Waals surface area (Å²) in [6.45, 7) is 7.07. The predicted molar refractivity (Wildman–Crippen MR) is 305 cm³/mol. The number of fused-ring (bicyclic) bond motifs is 6. The minimum Gasteiger partial charge on any atom is -0.383 e. The second kappa shape index (κ2) is 27.3. The van der Waals surface area contributed by atoms with E-state index in [2.05, 4.69) is 0 Å². The van der Waals surface area contributed by atoms with Crippen LogP contribution in [0.4, 0.5) is 11.4 Å². The van der Waals surface area contributed by atoms with E-state index in [-0.39, 0.29) is 145 Å². The number of imide groups is 1. The molecule has 86 heavy (non-hydrogen) atoms. The molecular weight excluding hydrogens is 1240 g/mol. The molecule has 0 aromatic heterocycles. The number of amides is 2. The molecule has 4 aromatic rings. The smallest absolute Gasteiger partial charge is 0.335 e. The highest BCUT2D eigenvalue weighted by Crippen LogP contribution is 2.54. The van der Waals surface area contributed by atoms with Gasteiger partial charge >= 0.3 is 5.97 Å². The van der Waals surface area contributed by atoms with E-state index in [0.717, 1.165) is 12.1 Å². The second-order valence-corrected chi connectivity index (χ2v) is 27.8. The van der Waals surface area contributed by atoms with Gasteiger partial charge in [0.1, 0.15) is 16.4 Å². The summed E-state index contributed by atoms with van der Waals surface area (Å²) >= 11 is 0. The first-order valence-corrected chi connectivity index (χ1v) is 33.9. The number of methoxy groups -OCH3 is 1. The van der Waals surface area contributed by atoms with E-state index in [1.165, 1.54) is 25.3 Å².